The molecule has 1 aromatic carbocycles. The third-order valence-corrected chi connectivity index (χ3v) is 5.33. The number of benzene rings is 1. The predicted molar refractivity (Wildman–Crippen MR) is 89.0 cm³/mol. The number of amides is 2. The van der Waals surface area contributed by atoms with Crippen LogP contribution in [0.4, 0.5) is 0 Å². The summed E-state index contributed by atoms with van der Waals surface area (Å²) in [5.74, 6) is 2.14. The van der Waals surface area contributed by atoms with E-state index >= 15 is 0 Å². The first-order chi connectivity index (χ1) is 10.8. The van der Waals surface area contributed by atoms with Gasteiger partial charge in [0.2, 0.25) is 5.91 Å². The summed E-state index contributed by atoms with van der Waals surface area (Å²) in [6.45, 7) is 2.31. The molecule has 0 radical (unpaired) electrons. The molecular weight excluding hydrogens is 296 g/mol. The van der Waals surface area contributed by atoms with Gasteiger partial charge in [-0.25, -0.2) is 0 Å². The molecule has 1 atom stereocenters. The van der Waals surface area contributed by atoms with Crippen LogP contribution in [0.5, 0.6) is 0 Å². The molecule has 22 heavy (non-hydrogen) atoms. The molecule has 2 aliphatic heterocycles. The average molecular weight is 318 g/mol. The summed E-state index contributed by atoms with van der Waals surface area (Å²) >= 11 is 1.89. The zero-order chi connectivity index (χ0) is 15.4. The molecule has 0 aliphatic carbocycles. The highest BCUT2D eigenvalue weighted by atomic mass is 32.2. The molecule has 0 bridgehead atoms. The maximum absolute atomic E-state index is 12.8. The second-order valence-electron chi connectivity index (χ2n) is 5.81. The molecule has 0 N–H and O–H groups in total. The Balaban J connectivity index is 1.76. The molecule has 0 aromatic heterocycles. The van der Waals surface area contributed by atoms with E-state index < -0.39 is 0 Å². The summed E-state index contributed by atoms with van der Waals surface area (Å²) in [6, 6.07) is 9.03. The highest BCUT2D eigenvalue weighted by Gasteiger charge is 2.35. The lowest BCUT2D eigenvalue weighted by molar-refractivity contribution is -0.136. The van der Waals surface area contributed by atoms with E-state index in [1.165, 1.54) is 0 Å². The molecule has 4 nitrogen and oxygen atoms in total. The highest BCUT2D eigenvalue weighted by molar-refractivity contribution is 7.99. The van der Waals surface area contributed by atoms with E-state index in [0.717, 1.165) is 43.9 Å². The Labute approximate surface area is 135 Å². The minimum absolute atomic E-state index is 0.00923. The Morgan fingerprint density at radius 2 is 1.73 bits per heavy atom. The predicted octanol–water partition coefficient (Wildman–Crippen LogP) is 2.26. The van der Waals surface area contributed by atoms with Crippen LogP contribution in [0.2, 0.25) is 0 Å². The van der Waals surface area contributed by atoms with Gasteiger partial charge in [-0.05, 0) is 31.4 Å². The summed E-state index contributed by atoms with van der Waals surface area (Å²) in [5.41, 5.74) is 0.677. The smallest absolute Gasteiger partial charge is 0.254 e. The quantitative estimate of drug-likeness (QED) is 0.840. The molecule has 3 rings (SSSR count). The first kappa shape index (κ1) is 15.4. The maximum Gasteiger partial charge on any atom is 0.254 e. The third-order valence-electron chi connectivity index (χ3n) is 4.39. The van der Waals surface area contributed by atoms with Crippen LogP contribution in [0.15, 0.2) is 30.3 Å². The molecule has 2 fully saturated rings. The summed E-state index contributed by atoms with van der Waals surface area (Å²) < 4.78 is 0. The molecule has 1 unspecified atom stereocenters. The van der Waals surface area contributed by atoms with E-state index in [9.17, 15) is 9.59 Å². The second-order valence-corrected chi connectivity index (χ2v) is 7.04. The van der Waals surface area contributed by atoms with Gasteiger partial charge in [0.25, 0.3) is 5.91 Å². The van der Waals surface area contributed by atoms with Crippen molar-refractivity contribution in [1.82, 2.24) is 9.80 Å². The SMILES string of the molecule is O=C(C1CCCCN1C(=O)c1ccccc1)N1CCSCC1. The van der Waals surface area contributed by atoms with E-state index in [4.69, 9.17) is 0 Å². The van der Waals surface area contributed by atoms with Crippen LogP contribution in [0, 0.1) is 0 Å². The van der Waals surface area contributed by atoms with Gasteiger partial charge in [0.15, 0.2) is 0 Å². The van der Waals surface area contributed by atoms with Crippen molar-refractivity contribution in [3.8, 4) is 0 Å². The Morgan fingerprint density at radius 1 is 1.00 bits per heavy atom. The fourth-order valence-electron chi connectivity index (χ4n) is 3.17. The molecule has 2 aliphatic rings. The molecule has 118 valence electrons. The Hall–Kier alpha value is -1.49. The van der Waals surface area contributed by atoms with Crippen LogP contribution in [0.3, 0.4) is 0 Å². The number of hydrogen-bond donors (Lipinski definition) is 0. The van der Waals surface area contributed by atoms with Crippen molar-refractivity contribution >= 4 is 23.6 Å². The number of carbonyl (C=O) groups is 2. The summed E-state index contributed by atoms with van der Waals surface area (Å²) in [4.78, 5) is 29.3. The molecular formula is C17H22N2O2S. The maximum atomic E-state index is 12.8. The first-order valence-corrected chi connectivity index (χ1v) is 9.15. The van der Waals surface area contributed by atoms with E-state index in [1.54, 1.807) is 4.90 Å². The molecule has 0 saturated carbocycles. The van der Waals surface area contributed by atoms with Gasteiger partial charge in [0.1, 0.15) is 6.04 Å². The lowest BCUT2D eigenvalue weighted by Gasteiger charge is -2.38. The van der Waals surface area contributed by atoms with Gasteiger partial charge >= 0.3 is 0 Å². The molecule has 5 heteroatoms. The van der Waals surface area contributed by atoms with Crippen molar-refractivity contribution < 1.29 is 9.59 Å². The molecule has 1 aromatic rings. The average Bonchev–Trinajstić information content (AvgIpc) is 2.62. The summed E-state index contributed by atoms with van der Waals surface area (Å²) in [5, 5.41) is 0. The topological polar surface area (TPSA) is 40.6 Å². The second kappa shape index (κ2) is 7.18. The van der Waals surface area contributed by atoms with E-state index in [2.05, 4.69) is 0 Å². The van der Waals surface area contributed by atoms with Crippen LogP contribution in [-0.4, -0.2) is 58.8 Å². The molecule has 0 spiro atoms. The Morgan fingerprint density at radius 3 is 2.45 bits per heavy atom. The number of thioether (sulfide) groups is 1. The fourth-order valence-corrected chi connectivity index (χ4v) is 4.08. The number of piperidine rings is 1. The van der Waals surface area contributed by atoms with Crippen LogP contribution in [-0.2, 0) is 4.79 Å². The largest absolute Gasteiger partial charge is 0.339 e. The lowest BCUT2D eigenvalue weighted by Crippen LogP contribution is -2.54. The monoisotopic (exact) mass is 318 g/mol. The van der Waals surface area contributed by atoms with Crippen LogP contribution < -0.4 is 0 Å². The zero-order valence-electron chi connectivity index (χ0n) is 12.7. The van der Waals surface area contributed by atoms with E-state index in [1.807, 2.05) is 47.0 Å². The Kier molecular flexibility index (Phi) is 5.03. The van der Waals surface area contributed by atoms with Crippen LogP contribution in [0.25, 0.3) is 0 Å². The number of hydrogen-bond acceptors (Lipinski definition) is 3. The van der Waals surface area contributed by atoms with Gasteiger partial charge in [-0.3, -0.25) is 9.59 Å². The molecule has 2 saturated heterocycles. The van der Waals surface area contributed by atoms with Gasteiger partial charge in [-0.1, -0.05) is 18.2 Å². The van der Waals surface area contributed by atoms with Crippen LogP contribution in [0.1, 0.15) is 29.6 Å². The van der Waals surface area contributed by atoms with E-state index in [-0.39, 0.29) is 17.9 Å². The first-order valence-electron chi connectivity index (χ1n) is 8.00. The summed E-state index contributed by atoms with van der Waals surface area (Å²) in [7, 11) is 0. The van der Waals surface area contributed by atoms with Crippen molar-refractivity contribution in [2.75, 3.05) is 31.1 Å². The third kappa shape index (κ3) is 3.29. The fraction of sp³-hybridized carbons (Fsp3) is 0.529. The van der Waals surface area contributed by atoms with Crippen molar-refractivity contribution in [2.45, 2.75) is 25.3 Å². The number of carbonyl (C=O) groups excluding carboxylic acids is 2. The van der Waals surface area contributed by atoms with Crippen molar-refractivity contribution in [1.29, 1.82) is 0 Å². The summed E-state index contributed by atoms with van der Waals surface area (Å²) in [6.07, 6.45) is 2.80. The normalized spacial score (nSPS) is 22.5. The van der Waals surface area contributed by atoms with Gasteiger partial charge in [-0.15, -0.1) is 0 Å². The van der Waals surface area contributed by atoms with Gasteiger partial charge < -0.3 is 9.80 Å². The van der Waals surface area contributed by atoms with Crippen molar-refractivity contribution in [3.05, 3.63) is 35.9 Å². The van der Waals surface area contributed by atoms with Gasteiger partial charge in [0.05, 0.1) is 0 Å². The van der Waals surface area contributed by atoms with Crippen LogP contribution >= 0.6 is 11.8 Å². The lowest BCUT2D eigenvalue weighted by atomic mass is 9.99. The zero-order valence-corrected chi connectivity index (χ0v) is 13.6. The Bertz CT molecular complexity index is 529. The number of rotatable bonds is 2. The standard InChI is InChI=1S/C17H22N2O2S/c20-16(14-6-2-1-3-7-14)19-9-5-4-8-15(19)17(21)18-10-12-22-13-11-18/h1-3,6-7,15H,4-5,8-13H2. The van der Waals surface area contributed by atoms with Crippen molar-refractivity contribution in [3.63, 3.8) is 0 Å². The highest BCUT2D eigenvalue weighted by Crippen LogP contribution is 2.22. The van der Waals surface area contributed by atoms with E-state index in [0.29, 0.717) is 12.1 Å². The van der Waals surface area contributed by atoms with Gasteiger partial charge in [-0.2, -0.15) is 11.8 Å². The number of nitrogens with zero attached hydrogens (tertiary/aromatic N) is 2. The molecule has 2 heterocycles. The van der Waals surface area contributed by atoms with Gasteiger partial charge in [0, 0.05) is 36.7 Å². The van der Waals surface area contributed by atoms with Crippen molar-refractivity contribution in [2.24, 2.45) is 0 Å². The minimum Gasteiger partial charge on any atom is -0.339 e. The minimum atomic E-state index is -0.274. The molecule has 2 amide bonds. The number of likely N-dealkylation sites (tertiary alicyclic amines) is 1.